The highest BCUT2D eigenvalue weighted by atomic mass is 19.1. The van der Waals surface area contributed by atoms with Gasteiger partial charge in [-0.3, -0.25) is 14.9 Å². The highest BCUT2D eigenvalue weighted by molar-refractivity contribution is 5.74. The van der Waals surface area contributed by atoms with Crippen molar-refractivity contribution in [3.63, 3.8) is 0 Å². The van der Waals surface area contributed by atoms with E-state index < -0.39 is 22.7 Å². The topological polar surface area (TPSA) is 112 Å². The van der Waals surface area contributed by atoms with Crippen molar-refractivity contribution in [1.82, 2.24) is 0 Å². The van der Waals surface area contributed by atoms with E-state index in [1.165, 1.54) is 0 Å². The molecule has 6 nitrogen and oxygen atoms in total. The van der Waals surface area contributed by atoms with Crippen LogP contribution < -0.4 is 11.5 Å². The summed E-state index contributed by atoms with van der Waals surface area (Å²) in [5.74, 6) is -1.39. The Morgan fingerprint density at radius 2 is 2.19 bits per heavy atom. The van der Waals surface area contributed by atoms with E-state index in [4.69, 9.17) is 11.5 Å². The van der Waals surface area contributed by atoms with E-state index in [-0.39, 0.29) is 17.7 Å². The zero-order valence-electron chi connectivity index (χ0n) is 8.22. The Labute approximate surface area is 90.2 Å². The maximum absolute atomic E-state index is 13.3. The number of nitro groups is 1. The fraction of sp³-hybridized carbons (Fsp3) is 0.222. The Morgan fingerprint density at radius 1 is 1.56 bits per heavy atom. The molecule has 1 atom stereocenters. The van der Waals surface area contributed by atoms with Crippen LogP contribution in [0.25, 0.3) is 0 Å². The molecular formula is C9H10FN3O3. The first-order chi connectivity index (χ1) is 7.41. The molecule has 0 spiro atoms. The lowest BCUT2D eigenvalue weighted by atomic mass is 10.0. The van der Waals surface area contributed by atoms with Gasteiger partial charge in [-0.15, -0.1) is 0 Å². The summed E-state index contributed by atoms with van der Waals surface area (Å²) in [4.78, 5) is 20.4. The number of nitrogens with zero attached hydrogens (tertiary/aromatic N) is 1. The van der Waals surface area contributed by atoms with Gasteiger partial charge in [0.25, 0.3) is 5.69 Å². The smallest absolute Gasteiger partial charge is 0.269 e. The average Bonchev–Trinajstić information content (AvgIpc) is 2.16. The van der Waals surface area contributed by atoms with Crippen molar-refractivity contribution in [2.45, 2.75) is 12.5 Å². The van der Waals surface area contributed by atoms with Crippen LogP contribution in [0.5, 0.6) is 0 Å². The summed E-state index contributed by atoms with van der Waals surface area (Å²) < 4.78 is 13.3. The number of benzene rings is 1. The van der Waals surface area contributed by atoms with Gasteiger partial charge in [0.1, 0.15) is 5.82 Å². The molecule has 0 aliphatic carbocycles. The van der Waals surface area contributed by atoms with E-state index in [1.807, 2.05) is 0 Å². The molecule has 4 N–H and O–H groups in total. The maximum atomic E-state index is 13.3. The number of nitro benzene ring substituents is 1. The highest BCUT2D eigenvalue weighted by Gasteiger charge is 2.17. The van der Waals surface area contributed by atoms with Gasteiger partial charge in [-0.05, 0) is 6.07 Å². The molecule has 1 aromatic carbocycles. The lowest BCUT2D eigenvalue weighted by Gasteiger charge is -2.10. The number of carbonyl (C=O) groups is 1. The largest absolute Gasteiger partial charge is 0.370 e. The minimum Gasteiger partial charge on any atom is -0.370 e. The first kappa shape index (κ1) is 12.1. The van der Waals surface area contributed by atoms with Crippen molar-refractivity contribution in [3.05, 3.63) is 39.7 Å². The van der Waals surface area contributed by atoms with E-state index >= 15 is 0 Å². The maximum Gasteiger partial charge on any atom is 0.269 e. The van der Waals surface area contributed by atoms with Crippen LogP contribution in [-0.4, -0.2) is 10.8 Å². The predicted molar refractivity (Wildman–Crippen MR) is 53.8 cm³/mol. The van der Waals surface area contributed by atoms with Crippen LogP contribution in [0.1, 0.15) is 18.0 Å². The first-order valence-corrected chi connectivity index (χ1v) is 4.39. The molecule has 0 aliphatic rings. The third-order valence-electron chi connectivity index (χ3n) is 2.01. The number of rotatable bonds is 4. The summed E-state index contributed by atoms with van der Waals surface area (Å²) in [5, 5.41) is 10.5. The van der Waals surface area contributed by atoms with E-state index in [0.29, 0.717) is 0 Å². The van der Waals surface area contributed by atoms with Crippen molar-refractivity contribution < 1.29 is 14.1 Å². The molecule has 7 heteroatoms. The molecule has 86 valence electrons. The molecule has 0 fully saturated rings. The molecule has 0 radical (unpaired) electrons. The Bertz CT molecular complexity index is 436. The molecule has 0 bridgehead atoms. The van der Waals surface area contributed by atoms with Crippen LogP contribution in [0.4, 0.5) is 10.1 Å². The Balaban J connectivity index is 3.06. The Morgan fingerprint density at radius 3 is 2.69 bits per heavy atom. The highest BCUT2D eigenvalue weighted by Crippen LogP contribution is 2.22. The van der Waals surface area contributed by atoms with Gasteiger partial charge in [0, 0.05) is 30.2 Å². The summed E-state index contributed by atoms with van der Waals surface area (Å²) in [6.07, 6.45) is -0.266. The second-order valence-electron chi connectivity index (χ2n) is 3.24. The van der Waals surface area contributed by atoms with Crippen molar-refractivity contribution in [3.8, 4) is 0 Å². The van der Waals surface area contributed by atoms with Crippen LogP contribution in [0.2, 0.25) is 0 Å². The van der Waals surface area contributed by atoms with E-state index in [0.717, 1.165) is 18.2 Å². The van der Waals surface area contributed by atoms with E-state index in [2.05, 4.69) is 0 Å². The number of hydrogen-bond donors (Lipinski definition) is 2. The number of hydrogen-bond acceptors (Lipinski definition) is 4. The summed E-state index contributed by atoms with van der Waals surface area (Å²) >= 11 is 0. The van der Waals surface area contributed by atoms with Crippen LogP contribution >= 0.6 is 0 Å². The number of halogens is 1. The number of non-ortho nitro benzene ring substituents is 1. The molecule has 0 aliphatic heterocycles. The Hall–Kier alpha value is -2.02. The predicted octanol–water partition coefficient (Wildman–Crippen LogP) is 0.609. The van der Waals surface area contributed by atoms with Crippen molar-refractivity contribution >= 4 is 11.6 Å². The molecule has 0 saturated carbocycles. The van der Waals surface area contributed by atoms with Crippen molar-refractivity contribution in [2.75, 3.05) is 0 Å². The minimum atomic E-state index is -0.975. The number of carbonyl (C=O) groups excluding carboxylic acids is 1. The monoisotopic (exact) mass is 227 g/mol. The first-order valence-electron chi connectivity index (χ1n) is 4.39. The molecule has 1 unspecified atom stereocenters. The summed E-state index contributed by atoms with van der Waals surface area (Å²) in [5.41, 5.74) is 10.0. The lowest BCUT2D eigenvalue weighted by Crippen LogP contribution is -2.21. The van der Waals surface area contributed by atoms with Crippen LogP contribution in [0, 0.1) is 15.9 Å². The summed E-state index contributed by atoms with van der Waals surface area (Å²) in [6, 6.07) is 1.99. The van der Waals surface area contributed by atoms with Gasteiger partial charge in [-0.1, -0.05) is 0 Å². The number of primary amides is 1. The van der Waals surface area contributed by atoms with Gasteiger partial charge < -0.3 is 11.5 Å². The van der Waals surface area contributed by atoms with Crippen molar-refractivity contribution in [1.29, 1.82) is 0 Å². The zero-order valence-corrected chi connectivity index (χ0v) is 8.22. The Kier molecular flexibility index (Phi) is 3.51. The van der Waals surface area contributed by atoms with Gasteiger partial charge in [-0.2, -0.15) is 0 Å². The standard InChI is InChI=1S/C9H10FN3O3/c10-7-2-1-5(13(15)16)3-6(7)8(11)4-9(12)14/h1-3,8H,4,11H2,(H2,12,14). The third kappa shape index (κ3) is 2.74. The van der Waals surface area contributed by atoms with Gasteiger partial charge in [0.15, 0.2) is 0 Å². The lowest BCUT2D eigenvalue weighted by molar-refractivity contribution is -0.385. The van der Waals surface area contributed by atoms with E-state index in [9.17, 15) is 19.3 Å². The molecular weight excluding hydrogens is 217 g/mol. The zero-order chi connectivity index (χ0) is 12.3. The molecule has 1 aromatic rings. The minimum absolute atomic E-state index is 0.0898. The second-order valence-corrected chi connectivity index (χ2v) is 3.24. The second kappa shape index (κ2) is 4.67. The van der Waals surface area contributed by atoms with Gasteiger partial charge >= 0.3 is 0 Å². The molecule has 0 saturated heterocycles. The fourth-order valence-corrected chi connectivity index (χ4v) is 1.26. The van der Waals surface area contributed by atoms with Crippen molar-refractivity contribution in [2.24, 2.45) is 11.5 Å². The number of amides is 1. The fourth-order valence-electron chi connectivity index (χ4n) is 1.26. The van der Waals surface area contributed by atoms with Crippen LogP contribution in [0.15, 0.2) is 18.2 Å². The molecule has 0 aromatic heterocycles. The van der Waals surface area contributed by atoms with Crippen LogP contribution in [0.3, 0.4) is 0 Å². The van der Waals surface area contributed by atoms with Crippen LogP contribution in [-0.2, 0) is 4.79 Å². The molecule has 1 amide bonds. The van der Waals surface area contributed by atoms with Gasteiger partial charge in [0.05, 0.1) is 4.92 Å². The van der Waals surface area contributed by atoms with Gasteiger partial charge in [-0.25, -0.2) is 4.39 Å². The van der Waals surface area contributed by atoms with Gasteiger partial charge in [0.2, 0.25) is 5.91 Å². The summed E-state index contributed by atoms with van der Waals surface area (Å²) in [6.45, 7) is 0. The normalized spacial score (nSPS) is 12.1. The number of nitrogens with two attached hydrogens (primary N) is 2. The molecule has 0 heterocycles. The van der Waals surface area contributed by atoms with E-state index in [1.54, 1.807) is 0 Å². The SMILES string of the molecule is NC(=O)CC(N)c1cc([N+](=O)[O-])ccc1F. The average molecular weight is 227 g/mol. The molecule has 16 heavy (non-hydrogen) atoms. The third-order valence-corrected chi connectivity index (χ3v) is 2.01. The quantitative estimate of drug-likeness (QED) is 0.579. The molecule has 1 rings (SSSR count). The summed E-state index contributed by atoms with van der Waals surface area (Å²) in [7, 11) is 0.